The molecule has 1 aliphatic carbocycles. The number of halogens is 2. The number of rotatable bonds is 4. The minimum absolute atomic E-state index is 0.401. The van der Waals surface area contributed by atoms with Gasteiger partial charge in [0.2, 0.25) is 0 Å². The van der Waals surface area contributed by atoms with Gasteiger partial charge in [0.1, 0.15) is 0 Å². The number of para-hydroxylation sites is 1. The van der Waals surface area contributed by atoms with E-state index in [2.05, 4.69) is 19.2 Å². The van der Waals surface area contributed by atoms with Crippen molar-refractivity contribution in [3.05, 3.63) is 24.3 Å². The first-order chi connectivity index (χ1) is 9.04. The molecule has 0 aliphatic heterocycles. The van der Waals surface area contributed by atoms with E-state index in [1.807, 2.05) is 18.2 Å². The summed E-state index contributed by atoms with van der Waals surface area (Å²) in [7, 11) is 0. The number of hydrogen-bond acceptors (Lipinski definition) is 2. The van der Waals surface area contributed by atoms with E-state index >= 15 is 0 Å². The van der Waals surface area contributed by atoms with E-state index in [0.717, 1.165) is 18.5 Å². The smallest absolute Gasteiger partial charge is 0.288 e. The molecule has 1 N–H and O–H groups in total. The average Bonchev–Trinajstić information content (AvgIpc) is 2.29. The number of hydrogen-bond donors (Lipinski definition) is 1. The van der Waals surface area contributed by atoms with Crippen LogP contribution >= 0.6 is 11.8 Å². The molecule has 0 amide bonds. The maximum atomic E-state index is 12.5. The van der Waals surface area contributed by atoms with Gasteiger partial charge in [0.25, 0.3) is 5.76 Å². The molecule has 0 radical (unpaired) electrons. The lowest BCUT2D eigenvalue weighted by Crippen LogP contribution is -2.30. The monoisotopic (exact) mass is 285 g/mol. The highest BCUT2D eigenvalue weighted by Gasteiger charge is 2.24. The molecular formula is C15H21F2NS. The summed E-state index contributed by atoms with van der Waals surface area (Å²) in [6.45, 7) is 4.54. The predicted molar refractivity (Wildman–Crippen MR) is 77.9 cm³/mol. The van der Waals surface area contributed by atoms with Crippen molar-refractivity contribution in [3.8, 4) is 0 Å². The summed E-state index contributed by atoms with van der Waals surface area (Å²) in [6.07, 6.45) is 3.52. The largest absolute Gasteiger partial charge is 0.381 e. The number of thioether (sulfide) groups is 1. The first-order valence-corrected chi connectivity index (χ1v) is 7.73. The summed E-state index contributed by atoms with van der Waals surface area (Å²) < 4.78 is 25.1. The molecule has 2 unspecified atom stereocenters. The van der Waals surface area contributed by atoms with Crippen LogP contribution in [0.4, 0.5) is 14.5 Å². The van der Waals surface area contributed by atoms with Crippen LogP contribution < -0.4 is 5.32 Å². The Morgan fingerprint density at radius 2 is 1.74 bits per heavy atom. The van der Waals surface area contributed by atoms with Gasteiger partial charge >= 0.3 is 0 Å². The Labute approximate surface area is 118 Å². The summed E-state index contributed by atoms with van der Waals surface area (Å²) in [4.78, 5) is 0.642. The van der Waals surface area contributed by atoms with E-state index in [0.29, 0.717) is 34.5 Å². The van der Waals surface area contributed by atoms with Crippen molar-refractivity contribution in [3.63, 3.8) is 0 Å². The fourth-order valence-electron chi connectivity index (χ4n) is 3.07. The second-order valence-corrected chi connectivity index (χ2v) is 6.67. The molecule has 0 saturated heterocycles. The van der Waals surface area contributed by atoms with Gasteiger partial charge in [0, 0.05) is 16.6 Å². The van der Waals surface area contributed by atoms with Crippen molar-refractivity contribution in [2.75, 3.05) is 5.32 Å². The molecule has 0 bridgehead atoms. The third-order valence-electron chi connectivity index (χ3n) is 3.64. The van der Waals surface area contributed by atoms with Gasteiger partial charge in [-0.3, -0.25) is 0 Å². The topological polar surface area (TPSA) is 12.0 Å². The van der Waals surface area contributed by atoms with Gasteiger partial charge in [-0.1, -0.05) is 37.7 Å². The van der Waals surface area contributed by atoms with Crippen LogP contribution in [0.1, 0.15) is 33.1 Å². The van der Waals surface area contributed by atoms with Gasteiger partial charge in [0.15, 0.2) is 0 Å². The number of benzene rings is 1. The molecular weight excluding hydrogens is 264 g/mol. The molecule has 1 fully saturated rings. The van der Waals surface area contributed by atoms with Gasteiger partial charge in [-0.25, -0.2) is 0 Å². The number of alkyl halides is 2. The Balaban J connectivity index is 2.05. The van der Waals surface area contributed by atoms with Crippen molar-refractivity contribution in [2.45, 2.75) is 49.8 Å². The van der Waals surface area contributed by atoms with Crippen molar-refractivity contribution in [1.82, 2.24) is 0 Å². The normalized spacial score (nSPS) is 27.5. The first-order valence-electron chi connectivity index (χ1n) is 6.85. The molecule has 1 nitrogen and oxygen atoms in total. The molecule has 1 aromatic rings. The van der Waals surface area contributed by atoms with E-state index in [1.54, 1.807) is 6.07 Å². The lowest BCUT2D eigenvalue weighted by Gasteiger charge is -2.33. The maximum absolute atomic E-state index is 12.5. The summed E-state index contributed by atoms with van der Waals surface area (Å²) in [5.74, 6) is -0.959. The van der Waals surface area contributed by atoms with Crippen LogP contribution in [0.25, 0.3) is 0 Å². The summed E-state index contributed by atoms with van der Waals surface area (Å²) in [6, 6.07) is 7.76. The van der Waals surface area contributed by atoms with Gasteiger partial charge in [0.05, 0.1) is 0 Å². The van der Waals surface area contributed by atoms with Crippen LogP contribution in [-0.4, -0.2) is 11.8 Å². The van der Waals surface area contributed by atoms with E-state index in [1.165, 1.54) is 6.42 Å². The molecule has 4 heteroatoms. The zero-order valence-electron chi connectivity index (χ0n) is 11.4. The molecule has 106 valence electrons. The van der Waals surface area contributed by atoms with Crippen LogP contribution in [0.15, 0.2) is 29.2 Å². The zero-order valence-corrected chi connectivity index (χ0v) is 12.2. The third kappa shape index (κ3) is 4.37. The Kier molecular flexibility index (Phi) is 5.08. The Hall–Kier alpha value is -0.770. The van der Waals surface area contributed by atoms with E-state index in [4.69, 9.17) is 0 Å². The predicted octanol–water partition coefficient (Wildman–Crippen LogP) is 5.24. The Morgan fingerprint density at radius 1 is 1.11 bits per heavy atom. The summed E-state index contributed by atoms with van der Waals surface area (Å²) in [5.41, 5.74) is 0.846. The fourth-order valence-corrected chi connectivity index (χ4v) is 3.67. The summed E-state index contributed by atoms with van der Waals surface area (Å²) >= 11 is 0.619. The molecule has 1 aliphatic rings. The van der Waals surface area contributed by atoms with Crippen LogP contribution in [0.5, 0.6) is 0 Å². The number of nitrogens with one attached hydrogen (secondary N) is 1. The number of anilines is 1. The highest BCUT2D eigenvalue weighted by atomic mass is 32.2. The molecule has 0 spiro atoms. The fraction of sp³-hybridized carbons (Fsp3) is 0.600. The highest BCUT2D eigenvalue weighted by molar-refractivity contribution is 7.99. The zero-order chi connectivity index (χ0) is 13.8. The summed E-state index contributed by atoms with van der Waals surface area (Å²) in [5, 5.41) is 3.46. The molecule has 2 atom stereocenters. The Bertz CT molecular complexity index is 401. The minimum atomic E-state index is -2.37. The molecule has 19 heavy (non-hydrogen) atoms. The Morgan fingerprint density at radius 3 is 2.37 bits per heavy atom. The maximum Gasteiger partial charge on any atom is 0.288 e. The van der Waals surface area contributed by atoms with Gasteiger partial charge in [-0.15, -0.1) is 0 Å². The SMILES string of the molecule is CC1CC(C)CC(Nc2ccccc2SC(F)F)C1. The highest BCUT2D eigenvalue weighted by Crippen LogP contribution is 2.35. The lowest BCUT2D eigenvalue weighted by atomic mass is 9.80. The second kappa shape index (κ2) is 6.60. The van der Waals surface area contributed by atoms with E-state index < -0.39 is 5.76 Å². The van der Waals surface area contributed by atoms with Crippen molar-refractivity contribution < 1.29 is 8.78 Å². The first kappa shape index (κ1) is 14.6. The molecule has 0 aromatic heterocycles. The second-order valence-electron chi connectivity index (χ2n) is 5.63. The molecule has 1 aromatic carbocycles. The van der Waals surface area contributed by atoms with E-state index in [-0.39, 0.29) is 0 Å². The van der Waals surface area contributed by atoms with Crippen LogP contribution in [0.3, 0.4) is 0 Å². The molecule has 1 saturated carbocycles. The van der Waals surface area contributed by atoms with E-state index in [9.17, 15) is 8.78 Å². The standard InChI is InChI=1S/C15H21F2NS/c1-10-7-11(2)9-12(8-10)18-13-5-3-4-6-14(13)19-15(16)17/h3-6,10-12,15,18H,7-9H2,1-2H3. The van der Waals surface area contributed by atoms with Gasteiger partial charge in [-0.2, -0.15) is 8.78 Å². The van der Waals surface area contributed by atoms with Gasteiger partial charge < -0.3 is 5.32 Å². The van der Waals surface area contributed by atoms with Crippen LogP contribution in [0, 0.1) is 11.8 Å². The van der Waals surface area contributed by atoms with Crippen molar-refractivity contribution >= 4 is 17.4 Å². The van der Waals surface area contributed by atoms with Crippen molar-refractivity contribution in [1.29, 1.82) is 0 Å². The van der Waals surface area contributed by atoms with Crippen LogP contribution in [0.2, 0.25) is 0 Å². The lowest BCUT2D eigenvalue weighted by molar-refractivity contribution is 0.252. The van der Waals surface area contributed by atoms with Crippen molar-refractivity contribution in [2.24, 2.45) is 11.8 Å². The molecule has 2 rings (SSSR count). The molecule has 0 heterocycles. The van der Waals surface area contributed by atoms with Gasteiger partial charge in [-0.05, 0) is 43.2 Å². The minimum Gasteiger partial charge on any atom is -0.381 e. The third-order valence-corrected chi connectivity index (χ3v) is 4.43. The van der Waals surface area contributed by atoms with Crippen LogP contribution in [-0.2, 0) is 0 Å². The quantitative estimate of drug-likeness (QED) is 0.759. The average molecular weight is 285 g/mol.